The summed E-state index contributed by atoms with van der Waals surface area (Å²) in [5.41, 5.74) is 5.77. The third kappa shape index (κ3) is 3.35. The number of carbonyl (C=O) groups excluding carboxylic acids is 1. The molecule has 0 spiro atoms. The number of nitriles is 1. The van der Waals surface area contributed by atoms with Crippen LogP contribution in [0, 0.1) is 11.3 Å². The summed E-state index contributed by atoms with van der Waals surface area (Å²) in [4.78, 5) is 22.8. The van der Waals surface area contributed by atoms with Gasteiger partial charge < -0.3 is 10.0 Å². The zero-order chi connectivity index (χ0) is 22.5. The van der Waals surface area contributed by atoms with Gasteiger partial charge in [0.05, 0.1) is 48.3 Å². The Kier molecular flexibility index (Phi) is 4.79. The highest BCUT2D eigenvalue weighted by molar-refractivity contribution is 5.76. The Morgan fingerprint density at radius 3 is 2.91 bits per heavy atom. The Morgan fingerprint density at radius 1 is 1.28 bits per heavy atom. The number of carbonyl (C=O) groups is 1. The van der Waals surface area contributed by atoms with Gasteiger partial charge in [0.15, 0.2) is 0 Å². The molecule has 8 nitrogen and oxygen atoms in total. The van der Waals surface area contributed by atoms with Crippen LogP contribution in [0.3, 0.4) is 0 Å². The van der Waals surface area contributed by atoms with E-state index >= 15 is 0 Å². The lowest BCUT2D eigenvalue weighted by atomic mass is 9.83. The molecule has 0 bridgehead atoms. The van der Waals surface area contributed by atoms with Crippen LogP contribution >= 0.6 is 0 Å². The number of aliphatic hydroxyl groups is 1. The summed E-state index contributed by atoms with van der Waals surface area (Å²) in [5.74, 6) is 0.673. The van der Waals surface area contributed by atoms with E-state index in [-0.39, 0.29) is 24.5 Å². The Bertz CT molecular complexity index is 1270. The van der Waals surface area contributed by atoms with Crippen molar-refractivity contribution >= 4 is 5.91 Å². The molecule has 0 fully saturated rings. The van der Waals surface area contributed by atoms with Crippen molar-refractivity contribution in [1.29, 1.82) is 5.26 Å². The fourth-order valence-corrected chi connectivity index (χ4v) is 4.68. The number of rotatable bonds is 4. The number of amides is 1. The van der Waals surface area contributed by atoms with Crippen molar-refractivity contribution in [3.8, 4) is 17.3 Å². The molecule has 1 aliphatic carbocycles. The topological polar surface area (TPSA) is 108 Å². The quantitative estimate of drug-likeness (QED) is 0.681. The molecule has 1 unspecified atom stereocenters. The summed E-state index contributed by atoms with van der Waals surface area (Å²) >= 11 is 0. The predicted molar refractivity (Wildman–Crippen MR) is 116 cm³/mol. The number of nitrogens with zero attached hydrogens (tertiary/aromatic N) is 6. The number of aliphatic hydroxyl groups excluding tert-OH is 1. The Morgan fingerprint density at radius 2 is 2.12 bits per heavy atom. The molecule has 162 valence electrons. The van der Waals surface area contributed by atoms with Crippen LogP contribution in [0.15, 0.2) is 30.5 Å². The largest absolute Gasteiger partial charge is 0.395 e. The van der Waals surface area contributed by atoms with Crippen LogP contribution in [0.2, 0.25) is 0 Å². The maximum Gasteiger partial charge on any atom is 0.244 e. The third-order valence-electron chi connectivity index (χ3n) is 6.66. The number of hydrogen-bond donors (Lipinski definition) is 1. The molecule has 1 aromatic carbocycles. The van der Waals surface area contributed by atoms with E-state index in [1.54, 1.807) is 22.8 Å². The Labute approximate surface area is 186 Å². The van der Waals surface area contributed by atoms with E-state index in [4.69, 9.17) is 4.98 Å². The Hall–Kier alpha value is -3.57. The molecule has 1 atom stereocenters. The maximum atomic E-state index is 11.9. The molecular weight excluding hydrogens is 404 g/mol. The van der Waals surface area contributed by atoms with E-state index in [0.717, 1.165) is 46.6 Å². The van der Waals surface area contributed by atoms with Crippen molar-refractivity contribution in [3.05, 3.63) is 64.4 Å². The van der Waals surface area contributed by atoms with Crippen LogP contribution < -0.4 is 0 Å². The van der Waals surface area contributed by atoms with Crippen molar-refractivity contribution in [2.24, 2.45) is 0 Å². The van der Waals surface area contributed by atoms with Crippen molar-refractivity contribution in [3.63, 3.8) is 0 Å². The first kappa shape index (κ1) is 20.3. The van der Waals surface area contributed by atoms with Crippen LogP contribution in [0.4, 0.5) is 0 Å². The number of benzene rings is 1. The first-order valence-corrected chi connectivity index (χ1v) is 10.7. The average molecular weight is 428 g/mol. The van der Waals surface area contributed by atoms with Crippen molar-refractivity contribution in [1.82, 2.24) is 24.6 Å². The van der Waals surface area contributed by atoms with Crippen LogP contribution in [0.25, 0.3) is 11.3 Å². The van der Waals surface area contributed by atoms with E-state index in [1.165, 1.54) is 0 Å². The second kappa shape index (κ2) is 7.53. The van der Waals surface area contributed by atoms with Gasteiger partial charge in [0, 0.05) is 24.2 Å². The lowest BCUT2D eigenvalue weighted by Crippen LogP contribution is -2.36. The average Bonchev–Trinajstić information content (AvgIpc) is 3.34. The summed E-state index contributed by atoms with van der Waals surface area (Å²) in [6.07, 6.45) is 3.80. The van der Waals surface area contributed by atoms with Gasteiger partial charge in [-0.3, -0.25) is 9.48 Å². The normalized spacial score (nSPS) is 19.6. The molecule has 8 heteroatoms. The molecule has 5 rings (SSSR count). The van der Waals surface area contributed by atoms with Gasteiger partial charge in [0.2, 0.25) is 5.91 Å². The second-order valence-corrected chi connectivity index (χ2v) is 8.95. The molecule has 0 saturated carbocycles. The zero-order valence-corrected chi connectivity index (χ0v) is 18.2. The van der Waals surface area contributed by atoms with Gasteiger partial charge in [-0.2, -0.15) is 10.4 Å². The fraction of sp³-hybridized carbons (Fsp3) is 0.375. The molecule has 0 saturated heterocycles. The van der Waals surface area contributed by atoms with Gasteiger partial charge in [-0.1, -0.05) is 6.92 Å². The molecule has 3 heterocycles. The lowest BCUT2D eigenvalue weighted by Gasteiger charge is -2.23. The van der Waals surface area contributed by atoms with Gasteiger partial charge in [-0.05, 0) is 48.2 Å². The first-order chi connectivity index (χ1) is 15.4. The highest BCUT2D eigenvalue weighted by Crippen LogP contribution is 2.41. The van der Waals surface area contributed by atoms with E-state index < -0.39 is 0 Å². The van der Waals surface area contributed by atoms with Crippen LogP contribution in [0.5, 0.6) is 0 Å². The molecule has 1 amide bonds. The van der Waals surface area contributed by atoms with Crippen molar-refractivity contribution in [2.45, 2.75) is 44.7 Å². The minimum Gasteiger partial charge on any atom is -0.395 e. The monoisotopic (exact) mass is 428 g/mol. The lowest BCUT2D eigenvalue weighted by molar-refractivity contribution is -0.132. The molecule has 1 aliphatic heterocycles. The number of likely N-dealkylation sites (N-methyl/N-ethyl adjacent to an activating group) is 1. The number of fused-ring (bicyclic) bond motifs is 2. The van der Waals surface area contributed by atoms with E-state index in [0.29, 0.717) is 24.4 Å². The summed E-state index contributed by atoms with van der Waals surface area (Å²) in [7, 11) is 1.79. The van der Waals surface area contributed by atoms with E-state index in [1.807, 2.05) is 25.1 Å². The highest BCUT2D eigenvalue weighted by atomic mass is 16.3. The fourth-order valence-electron chi connectivity index (χ4n) is 4.68. The standard InChI is InChI=1S/C24H24N6O2/c1-24(14-31)5-3-19-16(11-25)7-15(8-20(19)24)21-4-6-26-22(27-21)10-17-9-18-12-29(2)23(32)13-30(18)28-17/h4,6-9,31H,3,5,10,12-14H2,1-2H3. The smallest absolute Gasteiger partial charge is 0.244 e. The van der Waals surface area contributed by atoms with Crippen molar-refractivity contribution < 1.29 is 9.90 Å². The SMILES string of the molecule is CN1Cc2cc(Cc3nccc(-c4cc(C#N)c5c(c4)C(C)(CO)CC5)n3)nn2CC1=O. The maximum absolute atomic E-state index is 11.9. The first-order valence-electron chi connectivity index (χ1n) is 10.7. The highest BCUT2D eigenvalue weighted by Gasteiger charge is 2.35. The van der Waals surface area contributed by atoms with Gasteiger partial charge in [0.1, 0.15) is 12.4 Å². The third-order valence-corrected chi connectivity index (χ3v) is 6.66. The summed E-state index contributed by atoms with van der Waals surface area (Å²) in [6.45, 7) is 2.88. The summed E-state index contributed by atoms with van der Waals surface area (Å²) in [5, 5.41) is 24.2. The molecular formula is C24H24N6O2. The number of aromatic nitrogens is 4. The molecule has 2 aliphatic rings. The molecule has 0 radical (unpaired) electrons. The Balaban J connectivity index is 1.47. The second-order valence-electron chi connectivity index (χ2n) is 8.95. The van der Waals surface area contributed by atoms with E-state index in [2.05, 4.69) is 22.2 Å². The van der Waals surface area contributed by atoms with Crippen LogP contribution in [-0.2, 0) is 36.1 Å². The van der Waals surface area contributed by atoms with E-state index in [9.17, 15) is 15.2 Å². The predicted octanol–water partition coefficient (Wildman–Crippen LogP) is 1.97. The van der Waals surface area contributed by atoms with Gasteiger partial charge >= 0.3 is 0 Å². The summed E-state index contributed by atoms with van der Waals surface area (Å²) < 4.78 is 1.75. The minimum atomic E-state index is -0.340. The van der Waals surface area contributed by atoms with Gasteiger partial charge in [-0.25, -0.2) is 9.97 Å². The molecule has 3 aromatic rings. The molecule has 1 N–H and O–H groups in total. The van der Waals surface area contributed by atoms with Gasteiger partial charge in [-0.15, -0.1) is 0 Å². The minimum absolute atomic E-state index is 0.0465. The van der Waals surface area contributed by atoms with Crippen LogP contribution in [0.1, 0.15) is 47.2 Å². The van der Waals surface area contributed by atoms with Crippen molar-refractivity contribution in [2.75, 3.05) is 13.7 Å². The summed E-state index contributed by atoms with van der Waals surface area (Å²) in [6, 6.07) is 10.1. The zero-order valence-electron chi connectivity index (χ0n) is 18.2. The van der Waals surface area contributed by atoms with Gasteiger partial charge in [0.25, 0.3) is 0 Å². The number of hydrogen-bond acceptors (Lipinski definition) is 6. The molecule has 2 aromatic heterocycles. The van der Waals surface area contributed by atoms with Crippen LogP contribution in [-0.4, -0.2) is 49.3 Å². The molecule has 32 heavy (non-hydrogen) atoms.